The maximum atomic E-state index is 8.68. The number of fused-ring (bicyclic) bond motifs is 1. The minimum atomic E-state index is 0.156. The molecular formula is C13H18N4O2. The Labute approximate surface area is 111 Å². The summed E-state index contributed by atoms with van der Waals surface area (Å²) < 4.78 is 7.16. The number of hydrogen-bond acceptors (Lipinski definition) is 4. The second-order valence-electron chi connectivity index (χ2n) is 4.28. The number of imidazole rings is 1. The Hall–Kier alpha value is -2.08. The SMILES string of the molecule is COCCCn1c(CC(N)=NO)nc2ccccc21. The van der Waals surface area contributed by atoms with E-state index in [1.165, 1.54) is 0 Å². The molecule has 0 atom stereocenters. The summed E-state index contributed by atoms with van der Waals surface area (Å²) >= 11 is 0. The molecule has 102 valence electrons. The fourth-order valence-corrected chi connectivity index (χ4v) is 2.07. The van der Waals surface area contributed by atoms with Gasteiger partial charge in [-0.2, -0.15) is 0 Å². The number of benzene rings is 1. The van der Waals surface area contributed by atoms with Crippen molar-refractivity contribution in [1.29, 1.82) is 0 Å². The quantitative estimate of drug-likeness (QED) is 0.270. The molecule has 19 heavy (non-hydrogen) atoms. The van der Waals surface area contributed by atoms with Crippen molar-refractivity contribution in [2.75, 3.05) is 13.7 Å². The van der Waals surface area contributed by atoms with Gasteiger partial charge in [0.05, 0.1) is 17.5 Å². The van der Waals surface area contributed by atoms with E-state index in [9.17, 15) is 0 Å². The van der Waals surface area contributed by atoms with Crippen LogP contribution in [0, 0.1) is 0 Å². The third-order valence-corrected chi connectivity index (χ3v) is 2.93. The summed E-state index contributed by atoms with van der Waals surface area (Å²) in [7, 11) is 1.68. The zero-order valence-electron chi connectivity index (χ0n) is 10.9. The van der Waals surface area contributed by atoms with Gasteiger partial charge in [-0.05, 0) is 18.6 Å². The Kier molecular flexibility index (Phi) is 4.35. The Morgan fingerprint density at radius 1 is 1.47 bits per heavy atom. The van der Waals surface area contributed by atoms with Crippen molar-refractivity contribution >= 4 is 16.9 Å². The zero-order chi connectivity index (χ0) is 13.7. The summed E-state index contributed by atoms with van der Waals surface area (Å²) in [5.74, 6) is 0.955. The summed E-state index contributed by atoms with van der Waals surface area (Å²) in [6, 6.07) is 7.90. The van der Waals surface area contributed by atoms with Crippen molar-refractivity contribution in [3.8, 4) is 0 Å². The molecule has 0 unspecified atom stereocenters. The number of para-hydroxylation sites is 2. The molecule has 0 saturated carbocycles. The average molecular weight is 262 g/mol. The zero-order valence-corrected chi connectivity index (χ0v) is 10.9. The van der Waals surface area contributed by atoms with Gasteiger partial charge in [0, 0.05) is 20.3 Å². The van der Waals surface area contributed by atoms with Gasteiger partial charge in [0.15, 0.2) is 0 Å². The number of methoxy groups -OCH3 is 1. The highest BCUT2D eigenvalue weighted by molar-refractivity contribution is 5.83. The lowest BCUT2D eigenvalue weighted by atomic mass is 10.3. The maximum Gasteiger partial charge on any atom is 0.146 e. The lowest BCUT2D eigenvalue weighted by Crippen LogP contribution is -2.18. The predicted molar refractivity (Wildman–Crippen MR) is 73.3 cm³/mol. The van der Waals surface area contributed by atoms with Gasteiger partial charge in [0.1, 0.15) is 11.7 Å². The minimum Gasteiger partial charge on any atom is -0.409 e. The van der Waals surface area contributed by atoms with E-state index >= 15 is 0 Å². The van der Waals surface area contributed by atoms with Gasteiger partial charge < -0.3 is 20.2 Å². The highest BCUT2D eigenvalue weighted by Crippen LogP contribution is 2.17. The van der Waals surface area contributed by atoms with Crippen LogP contribution in [-0.4, -0.2) is 34.3 Å². The first kappa shape index (κ1) is 13.4. The van der Waals surface area contributed by atoms with E-state index in [0.29, 0.717) is 13.0 Å². The topological polar surface area (TPSA) is 85.7 Å². The van der Waals surface area contributed by atoms with Crippen LogP contribution in [0.5, 0.6) is 0 Å². The molecule has 0 aliphatic heterocycles. The molecule has 0 aliphatic carbocycles. The number of aromatic nitrogens is 2. The van der Waals surface area contributed by atoms with Gasteiger partial charge in [-0.3, -0.25) is 0 Å². The third kappa shape index (κ3) is 3.03. The second kappa shape index (κ2) is 6.19. The van der Waals surface area contributed by atoms with Gasteiger partial charge in [-0.25, -0.2) is 4.98 Å². The number of aryl methyl sites for hydroxylation is 1. The number of oxime groups is 1. The lowest BCUT2D eigenvalue weighted by molar-refractivity contribution is 0.190. The molecule has 0 saturated heterocycles. The van der Waals surface area contributed by atoms with Crippen LogP contribution in [-0.2, 0) is 17.7 Å². The van der Waals surface area contributed by atoms with Crippen LogP contribution in [0.3, 0.4) is 0 Å². The standard InChI is InChI=1S/C13H18N4O2/c1-19-8-4-7-17-11-6-3-2-5-10(11)15-13(17)9-12(14)16-18/h2-3,5-6,18H,4,7-9H2,1H3,(H2,14,16). The molecule has 6 heteroatoms. The summed E-state index contributed by atoms with van der Waals surface area (Å²) in [5, 5.41) is 11.7. The summed E-state index contributed by atoms with van der Waals surface area (Å²) in [6.07, 6.45) is 1.22. The largest absolute Gasteiger partial charge is 0.409 e. The fourth-order valence-electron chi connectivity index (χ4n) is 2.07. The third-order valence-electron chi connectivity index (χ3n) is 2.93. The number of nitrogens with two attached hydrogens (primary N) is 1. The Balaban J connectivity index is 2.34. The Bertz CT molecular complexity index is 577. The number of hydrogen-bond donors (Lipinski definition) is 2. The van der Waals surface area contributed by atoms with Crippen LogP contribution in [0.1, 0.15) is 12.2 Å². The predicted octanol–water partition coefficient (Wildman–Crippen LogP) is 1.36. The van der Waals surface area contributed by atoms with Crippen molar-refractivity contribution in [3.63, 3.8) is 0 Å². The van der Waals surface area contributed by atoms with Crippen molar-refractivity contribution in [2.45, 2.75) is 19.4 Å². The molecule has 0 fully saturated rings. The maximum absolute atomic E-state index is 8.68. The van der Waals surface area contributed by atoms with E-state index in [1.807, 2.05) is 24.3 Å². The van der Waals surface area contributed by atoms with Crippen molar-refractivity contribution < 1.29 is 9.94 Å². The van der Waals surface area contributed by atoms with Crippen molar-refractivity contribution in [2.24, 2.45) is 10.9 Å². The Morgan fingerprint density at radius 2 is 2.26 bits per heavy atom. The highest BCUT2D eigenvalue weighted by Gasteiger charge is 2.11. The van der Waals surface area contributed by atoms with E-state index in [0.717, 1.165) is 29.8 Å². The normalized spacial score (nSPS) is 12.2. The summed E-state index contributed by atoms with van der Waals surface area (Å²) in [5.41, 5.74) is 7.54. The molecule has 0 bridgehead atoms. The molecule has 0 amide bonds. The molecule has 1 aromatic heterocycles. The van der Waals surface area contributed by atoms with Crippen LogP contribution >= 0.6 is 0 Å². The van der Waals surface area contributed by atoms with Crippen LogP contribution < -0.4 is 5.73 Å². The lowest BCUT2D eigenvalue weighted by Gasteiger charge is -2.08. The van der Waals surface area contributed by atoms with E-state index in [4.69, 9.17) is 15.7 Å². The first-order valence-corrected chi connectivity index (χ1v) is 6.15. The molecule has 1 heterocycles. The monoisotopic (exact) mass is 262 g/mol. The van der Waals surface area contributed by atoms with Gasteiger partial charge in [-0.15, -0.1) is 0 Å². The molecular weight excluding hydrogens is 244 g/mol. The number of amidine groups is 1. The van der Waals surface area contributed by atoms with E-state index in [-0.39, 0.29) is 5.84 Å². The average Bonchev–Trinajstić information content (AvgIpc) is 2.77. The first-order valence-electron chi connectivity index (χ1n) is 6.15. The van der Waals surface area contributed by atoms with Gasteiger partial charge in [0.25, 0.3) is 0 Å². The number of nitrogens with zero attached hydrogens (tertiary/aromatic N) is 3. The number of rotatable bonds is 6. The molecule has 2 rings (SSSR count). The fraction of sp³-hybridized carbons (Fsp3) is 0.385. The summed E-state index contributed by atoms with van der Waals surface area (Å²) in [6.45, 7) is 1.48. The highest BCUT2D eigenvalue weighted by atomic mass is 16.5. The molecule has 3 N–H and O–H groups in total. The van der Waals surface area contributed by atoms with Crippen molar-refractivity contribution in [1.82, 2.24) is 9.55 Å². The molecule has 0 aliphatic rings. The molecule has 0 radical (unpaired) electrons. The van der Waals surface area contributed by atoms with Crippen LogP contribution in [0.4, 0.5) is 0 Å². The van der Waals surface area contributed by atoms with Crippen LogP contribution in [0.15, 0.2) is 29.4 Å². The minimum absolute atomic E-state index is 0.156. The van der Waals surface area contributed by atoms with Crippen LogP contribution in [0.25, 0.3) is 11.0 Å². The number of ether oxygens (including phenoxy) is 1. The van der Waals surface area contributed by atoms with Crippen LogP contribution in [0.2, 0.25) is 0 Å². The van der Waals surface area contributed by atoms with E-state index in [1.54, 1.807) is 7.11 Å². The molecule has 0 spiro atoms. The van der Waals surface area contributed by atoms with Gasteiger partial charge in [-0.1, -0.05) is 17.3 Å². The van der Waals surface area contributed by atoms with E-state index < -0.39 is 0 Å². The van der Waals surface area contributed by atoms with Gasteiger partial charge in [0.2, 0.25) is 0 Å². The molecule has 6 nitrogen and oxygen atoms in total. The first-order chi connectivity index (χ1) is 9.26. The summed E-state index contributed by atoms with van der Waals surface area (Å²) in [4.78, 5) is 4.53. The van der Waals surface area contributed by atoms with E-state index in [2.05, 4.69) is 14.7 Å². The van der Waals surface area contributed by atoms with Gasteiger partial charge >= 0.3 is 0 Å². The second-order valence-corrected chi connectivity index (χ2v) is 4.28. The smallest absolute Gasteiger partial charge is 0.146 e. The van der Waals surface area contributed by atoms with Crippen molar-refractivity contribution in [3.05, 3.63) is 30.1 Å². The molecule has 2 aromatic rings. The Morgan fingerprint density at radius 3 is 3.00 bits per heavy atom. The molecule has 1 aromatic carbocycles.